The molecule has 0 unspecified atom stereocenters. The number of allylic oxidation sites excluding steroid dienone is 1. The lowest BCUT2D eigenvalue weighted by Crippen LogP contribution is -2.04. The number of cyclic esters (lactones) is 1. The van der Waals surface area contributed by atoms with Crippen molar-refractivity contribution in [2.75, 3.05) is 12.5 Å². The van der Waals surface area contributed by atoms with Crippen molar-refractivity contribution in [1.29, 1.82) is 0 Å². The predicted octanol–water partition coefficient (Wildman–Crippen LogP) is 2.77. The number of hydrogen-bond donors (Lipinski definition) is 2. The Bertz CT molecular complexity index is 576. The first-order valence-electron chi connectivity index (χ1n) is 6.50. The number of hydrogen-bond acceptors (Lipinski definition) is 5. The van der Waals surface area contributed by atoms with Gasteiger partial charge in [-0.15, -0.1) is 11.6 Å². The maximum atomic E-state index is 11.6. The molecule has 1 aromatic heterocycles. The Balaban J connectivity index is 1.97. The van der Waals surface area contributed by atoms with Crippen molar-refractivity contribution in [1.82, 2.24) is 4.98 Å². The van der Waals surface area contributed by atoms with Gasteiger partial charge in [-0.1, -0.05) is 6.92 Å². The first-order valence-corrected chi connectivity index (χ1v) is 7.04. The second-order valence-corrected chi connectivity index (χ2v) is 4.60. The zero-order chi connectivity index (χ0) is 15.2. The average molecular weight is 314 g/mol. The predicted molar refractivity (Wildman–Crippen MR) is 75.9 cm³/mol. The molecule has 0 spiro atoms. The number of H-pyrrole nitrogens is 1. The highest BCUT2D eigenvalue weighted by molar-refractivity contribution is 6.19. The summed E-state index contributed by atoms with van der Waals surface area (Å²) in [7, 11) is 0. The lowest BCUT2D eigenvalue weighted by Gasteiger charge is -2.02. The van der Waals surface area contributed by atoms with Crippen LogP contribution in [-0.2, 0) is 20.9 Å². The number of nitrogens with one attached hydrogen (secondary N) is 1. The molecule has 6 nitrogen and oxygen atoms in total. The van der Waals surface area contributed by atoms with Crippen LogP contribution in [0.3, 0.4) is 0 Å². The van der Waals surface area contributed by atoms with Crippen LogP contribution < -0.4 is 4.74 Å². The van der Waals surface area contributed by atoms with Crippen molar-refractivity contribution in [2.24, 2.45) is 0 Å². The van der Waals surface area contributed by atoms with Crippen molar-refractivity contribution in [3.8, 4) is 5.75 Å². The van der Waals surface area contributed by atoms with Gasteiger partial charge in [-0.3, -0.25) is 0 Å². The summed E-state index contributed by atoms with van der Waals surface area (Å²) in [5, 5.41) is 9.80. The molecule has 0 aromatic carbocycles. The summed E-state index contributed by atoms with van der Waals surface area (Å²) in [5.74, 6) is -0.465. The lowest BCUT2D eigenvalue weighted by molar-refractivity contribution is -0.136. The van der Waals surface area contributed by atoms with Gasteiger partial charge in [0.1, 0.15) is 12.4 Å². The van der Waals surface area contributed by atoms with Crippen LogP contribution in [0.25, 0.3) is 0 Å². The van der Waals surface area contributed by atoms with Crippen LogP contribution in [0.5, 0.6) is 5.75 Å². The van der Waals surface area contributed by atoms with Gasteiger partial charge in [-0.25, -0.2) is 4.79 Å². The Hall–Kier alpha value is -2.08. The van der Waals surface area contributed by atoms with Gasteiger partial charge >= 0.3 is 5.97 Å². The summed E-state index contributed by atoms with van der Waals surface area (Å²) in [4.78, 5) is 14.5. The minimum Gasteiger partial charge on any atom is -0.501 e. The van der Waals surface area contributed by atoms with E-state index in [4.69, 9.17) is 25.8 Å². The van der Waals surface area contributed by atoms with Crippen LogP contribution in [0.1, 0.15) is 19.0 Å². The van der Waals surface area contributed by atoms with Crippen LogP contribution in [0.4, 0.5) is 0 Å². The van der Waals surface area contributed by atoms with E-state index >= 15 is 0 Å². The molecular weight excluding hydrogens is 298 g/mol. The SMILES string of the molecule is CCCOc1c[nH]c(COC2=C(O)/C(=C\CCl)OC2=O)c1. The topological polar surface area (TPSA) is 80.8 Å². The molecule has 1 aromatic rings. The van der Waals surface area contributed by atoms with Crippen LogP contribution >= 0.6 is 11.6 Å². The van der Waals surface area contributed by atoms with E-state index in [1.165, 1.54) is 6.08 Å². The normalized spacial score (nSPS) is 16.5. The van der Waals surface area contributed by atoms with E-state index in [2.05, 4.69) is 4.98 Å². The minimum atomic E-state index is -0.738. The van der Waals surface area contributed by atoms with Crippen molar-refractivity contribution in [2.45, 2.75) is 20.0 Å². The third-order valence-corrected chi connectivity index (χ3v) is 2.81. The number of carbonyl (C=O) groups is 1. The summed E-state index contributed by atoms with van der Waals surface area (Å²) in [6.45, 7) is 2.73. The largest absolute Gasteiger partial charge is 0.501 e. The number of carbonyl (C=O) groups excluding carboxylic acids is 1. The number of aromatic nitrogens is 1. The molecule has 0 fully saturated rings. The highest BCUT2D eigenvalue weighted by Crippen LogP contribution is 2.26. The number of ether oxygens (including phenoxy) is 3. The molecule has 0 saturated heterocycles. The summed E-state index contributed by atoms with van der Waals surface area (Å²) in [6.07, 6.45) is 4.00. The number of halogens is 1. The Labute approximate surface area is 127 Å². The van der Waals surface area contributed by atoms with Gasteiger partial charge in [0.05, 0.1) is 12.3 Å². The van der Waals surface area contributed by atoms with E-state index < -0.39 is 5.97 Å². The quantitative estimate of drug-likeness (QED) is 0.597. The number of aromatic amines is 1. The van der Waals surface area contributed by atoms with Crippen molar-refractivity contribution >= 4 is 17.6 Å². The Morgan fingerprint density at radius 2 is 2.29 bits per heavy atom. The Morgan fingerprint density at radius 1 is 1.48 bits per heavy atom. The van der Waals surface area contributed by atoms with Crippen LogP contribution in [-0.4, -0.2) is 28.5 Å². The summed E-state index contributed by atoms with van der Waals surface area (Å²) in [5.41, 5.74) is 0.712. The summed E-state index contributed by atoms with van der Waals surface area (Å²) >= 11 is 5.50. The number of aliphatic hydroxyl groups is 1. The van der Waals surface area contributed by atoms with Gasteiger partial charge in [0, 0.05) is 18.1 Å². The summed E-state index contributed by atoms with van der Waals surface area (Å²) in [6, 6.07) is 1.77. The molecule has 2 rings (SSSR count). The third kappa shape index (κ3) is 3.72. The van der Waals surface area contributed by atoms with E-state index in [0.29, 0.717) is 18.1 Å². The first kappa shape index (κ1) is 15.3. The van der Waals surface area contributed by atoms with Gasteiger partial charge in [-0.2, -0.15) is 0 Å². The number of esters is 1. The smallest absolute Gasteiger partial charge is 0.383 e. The van der Waals surface area contributed by atoms with Gasteiger partial charge < -0.3 is 24.3 Å². The number of alkyl halides is 1. The van der Waals surface area contributed by atoms with Gasteiger partial charge in [0.2, 0.25) is 5.76 Å². The molecule has 2 heterocycles. The molecule has 0 aliphatic carbocycles. The summed E-state index contributed by atoms with van der Waals surface area (Å²) < 4.78 is 15.6. The first-order chi connectivity index (χ1) is 10.2. The monoisotopic (exact) mass is 313 g/mol. The molecule has 2 N–H and O–H groups in total. The second kappa shape index (κ2) is 7.08. The number of aliphatic hydroxyl groups excluding tert-OH is 1. The van der Waals surface area contributed by atoms with E-state index in [0.717, 1.165) is 6.42 Å². The Kier molecular flexibility index (Phi) is 5.16. The fourth-order valence-electron chi connectivity index (χ4n) is 1.69. The highest BCUT2D eigenvalue weighted by Gasteiger charge is 2.31. The molecule has 114 valence electrons. The fourth-order valence-corrected chi connectivity index (χ4v) is 1.83. The van der Waals surface area contributed by atoms with Crippen molar-refractivity contribution in [3.63, 3.8) is 0 Å². The molecule has 0 atom stereocenters. The average Bonchev–Trinajstić information content (AvgIpc) is 3.01. The van der Waals surface area contributed by atoms with Gasteiger partial charge in [-0.05, 0) is 12.5 Å². The zero-order valence-corrected chi connectivity index (χ0v) is 12.3. The van der Waals surface area contributed by atoms with Crippen LogP contribution in [0.2, 0.25) is 0 Å². The van der Waals surface area contributed by atoms with Crippen molar-refractivity contribution < 1.29 is 24.1 Å². The molecule has 0 bridgehead atoms. The third-order valence-electron chi connectivity index (χ3n) is 2.66. The van der Waals surface area contributed by atoms with Crippen molar-refractivity contribution in [3.05, 3.63) is 41.3 Å². The highest BCUT2D eigenvalue weighted by atomic mass is 35.5. The minimum absolute atomic E-state index is 0.0171. The molecule has 0 saturated carbocycles. The van der Waals surface area contributed by atoms with E-state index in [9.17, 15) is 9.90 Å². The van der Waals surface area contributed by atoms with E-state index in [1.807, 2.05) is 6.92 Å². The van der Waals surface area contributed by atoms with E-state index in [-0.39, 0.29) is 29.8 Å². The molecule has 0 radical (unpaired) electrons. The fraction of sp³-hybridized carbons (Fsp3) is 0.357. The molecule has 1 aliphatic rings. The number of rotatable bonds is 7. The van der Waals surface area contributed by atoms with Crippen LogP contribution in [0.15, 0.2) is 35.6 Å². The zero-order valence-electron chi connectivity index (χ0n) is 11.5. The molecule has 1 aliphatic heterocycles. The lowest BCUT2D eigenvalue weighted by atomic mass is 10.3. The maximum absolute atomic E-state index is 11.6. The maximum Gasteiger partial charge on any atom is 0.383 e. The Morgan fingerprint density at radius 3 is 3.00 bits per heavy atom. The second-order valence-electron chi connectivity index (χ2n) is 4.29. The standard InChI is InChI=1S/C14H16ClNO5/c1-2-5-19-10-6-9(16-7-10)8-20-13-12(17)11(3-4-15)21-14(13)18/h3,6-7,16-17H,2,4-5,8H2,1H3/b11-3+. The van der Waals surface area contributed by atoms with E-state index in [1.54, 1.807) is 12.3 Å². The molecule has 21 heavy (non-hydrogen) atoms. The molecule has 0 amide bonds. The van der Waals surface area contributed by atoms with Crippen LogP contribution in [0, 0.1) is 0 Å². The van der Waals surface area contributed by atoms with Gasteiger partial charge in [0.25, 0.3) is 5.76 Å². The molecule has 7 heteroatoms. The van der Waals surface area contributed by atoms with Gasteiger partial charge in [0.15, 0.2) is 5.76 Å². The molecular formula is C14H16ClNO5.